The number of nitrogens with zero attached hydrogens (tertiary/aromatic N) is 1. The molecule has 1 aliphatic rings. The standard InChI is InChI=1S/C11H13NO2/c1-2-6-10-13-11(12-14-10)9-7-4-3-5-8-9/h3-5,7-8,10H,2,6H2,1H3. The van der Waals surface area contributed by atoms with Crippen LogP contribution in [0, 0.1) is 0 Å². The van der Waals surface area contributed by atoms with Crippen molar-refractivity contribution < 1.29 is 9.57 Å². The number of hydrogen-bond donors (Lipinski definition) is 0. The normalized spacial score (nSPS) is 19.8. The second-order valence-corrected chi connectivity index (χ2v) is 3.20. The summed E-state index contributed by atoms with van der Waals surface area (Å²) in [6, 6.07) is 9.78. The van der Waals surface area contributed by atoms with Crippen molar-refractivity contribution in [3.63, 3.8) is 0 Å². The number of ether oxygens (including phenoxy) is 1. The average Bonchev–Trinajstić information content (AvgIpc) is 2.68. The van der Waals surface area contributed by atoms with Gasteiger partial charge in [0, 0.05) is 12.0 Å². The molecule has 1 aliphatic heterocycles. The fourth-order valence-corrected chi connectivity index (χ4v) is 1.32. The van der Waals surface area contributed by atoms with Crippen LogP contribution in [0.4, 0.5) is 0 Å². The maximum atomic E-state index is 5.52. The molecule has 0 fully saturated rings. The summed E-state index contributed by atoms with van der Waals surface area (Å²) < 4.78 is 5.52. The molecule has 1 aromatic carbocycles. The Balaban J connectivity index is 2.02. The van der Waals surface area contributed by atoms with E-state index in [0.29, 0.717) is 5.90 Å². The van der Waals surface area contributed by atoms with Crippen LogP contribution in [0.25, 0.3) is 0 Å². The zero-order valence-corrected chi connectivity index (χ0v) is 8.14. The molecule has 1 heterocycles. The molecule has 3 nitrogen and oxygen atoms in total. The summed E-state index contributed by atoms with van der Waals surface area (Å²) in [7, 11) is 0. The zero-order valence-electron chi connectivity index (χ0n) is 8.14. The summed E-state index contributed by atoms with van der Waals surface area (Å²) in [4.78, 5) is 5.13. The first-order chi connectivity index (χ1) is 6.90. The molecule has 3 heteroatoms. The highest BCUT2D eigenvalue weighted by Crippen LogP contribution is 2.16. The van der Waals surface area contributed by atoms with Crippen LogP contribution in [0.5, 0.6) is 0 Å². The van der Waals surface area contributed by atoms with Crippen LogP contribution < -0.4 is 0 Å². The molecule has 14 heavy (non-hydrogen) atoms. The minimum Gasteiger partial charge on any atom is -0.433 e. The van der Waals surface area contributed by atoms with Gasteiger partial charge in [0.25, 0.3) is 12.2 Å². The molecule has 0 bridgehead atoms. The van der Waals surface area contributed by atoms with Crippen molar-refractivity contribution in [3.8, 4) is 0 Å². The van der Waals surface area contributed by atoms with E-state index in [4.69, 9.17) is 9.57 Å². The Kier molecular flexibility index (Phi) is 2.68. The highest BCUT2D eigenvalue weighted by molar-refractivity contribution is 5.94. The van der Waals surface area contributed by atoms with Gasteiger partial charge in [-0.2, -0.15) is 0 Å². The predicted molar refractivity (Wildman–Crippen MR) is 53.8 cm³/mol. The number of hydrogen-bond acceptors (Lipinski definition) is 3. The predicted octanol–water partition coefficient (Wildman–Crippen LogP) is 2.52. The van der Waals surface area contributed by atoms with Gasteiger partial charge in [0.2, 0.25) is 0 Å². The molecule has 0 amide bonds. The second kappa shape index (κ2) is 4.13. The lowest BCUT2D eigenvalue weighted by Crippen LogP contribution is -2.11. The van der Waals surface area contributed by atoms with E-state index in [1.165, 1.54) is 0 Å². The van der Waals surface area contributed by atoms with E-state index < -0.39 is 0 Å². The summed E-state index contributed by atoms with van der Waals surface area (Å²) in [5.41, 5.74) is 0.964. The van der Waals surface area contributed by atoms with Crippen LogP contribution in [0.2, 0.25) is 0 Å². The summed E-state index contributed by atoms with van der Waals surface area (Å²) in [6.07, 6.45) is 1.71. The Bertz CT molecular complexity index is 321. The molecular weight excluding hydrogens is 178 g/mol. The van der Waals surface area contributed by atoms with Crippen LogP contribution in [-0.2, 0) is 9.57 Å². The molecule has 1 aromatic rings. The molecular formula is C11H13NO2. The van der Waals surface area contributed by atoms with E-state index in [9.17, 15) is 0 Å². The van der Waals surface area contributed by atoms with Crippen LogP contribution in [0.3, 0.4) is 0 Å². The Morgan fingerprint density at radius 2 is 2.07 bits per heavy atom. The van der Waals surface area contributed by atoms with Crippen molar-refractivity contribution in [1.29, 1.82) is 0 Å². The average molecular weight is 191 g/mol. The number of oxime groups is 1. The molecule has 0 saturated heterocycles. The van der Waals surface area contributed by atoms with E-state index in [1.807, 2.05) is 30.3 Å². The van der Waals surface area contributed by atoms with Gasteiger partial charge in [0.1, 0.15) is 0 Å². The third-order valence-electron chi connectivity index (χ3n) is 2.04. The molecule has 1 atom stereocenters. The van der Waals surface area contributed by atoms with Crippen LogP contribution >= 0.6 is 0 Å². The smallest absolute Gasteiger partial charge is 0.267 e. The van der Waals surface area contributed by atoms with Gasteiger partial charge in [-0.3, -0.25) is 0 Å². The minimum atomic E-state index is -0.199. The summed E-state index contributed by atoms with van der Waals surface area (Å²) >= 11 is 0. The lowest BCUT2D eigenvalue weighted by Gasteiger charge is -2.06. The first-order valence-electron chi connectivity index (χ1n) is 4.86. The molecule has 0 spiro atoms. The lowest BCUT2D eigenvalue weighted by molar-refractivity contribution is -0.0522. The van der Waals surface area contributed by atoms with Crippen molar-refractivity contribution in [2.75, 3.05) is 0 Å². The van der Waals surface area contributed by atoms with Gasteiger partial charge in [-0.15, -0.1) is 0 Å². The Hall–Kier alpha value is -1.51. The quantitative estimate of drug-likeness (QED) is 0.735. The van der Waals surface area contributed by atoms with Crippen molar-refractivity contribution in [3.05, 3.63) is 35.9 Å². The number of benzene rings is 1. The van der Waals surface area contributed by atoms with Crippen molar-refractivity contribution in [2.24, 2.45) is 5.16 Å². The van der Waals surface area contributed by atoms with E-state index in [2.05, 4.69) is 12.1 Å². The molecule has 0 saturated carbocycles. The largest absolute Gasteiger partial charge is 0.433 e. The highest BCUT2D eigenvalue weighted by atomic mass is 16.8. The molecule has 0 N–H and O–H groups in total. The maximum Gasteiger partial charge on any atom is 0.267 e. The molecule has 74 valence electrons. The third-order valence-corrected chi connectivity index (χ3v) is 2.04. The summed E-state index contributed by atoms with van der Waals surface area (Å²) in [5, 5.41) is 3.90. The van der Waals surface area contributed by atoms with Crippen LogP contribution in [-0.4, -0.2) is 12.2 Å². The fourth-order valence-electron chi connectivity index (χ4n) is 1.32. The zero-order chi connectivity index (χ0) is 9.80. The maximum absolute atomic E-state index is 5.52. The third kappa shape index (κ3) is 1.87. The van der Waals surface area contributed by atoms with Crippen molar-refractivity contribution >= 4 is 5.90 Å². The van der Waals surface area contributed by atoms with Crippen molar-refractivity contribution in [1.82, 2.24) is 0 Å². The second-order valence-electron chi connectivity index (χ2n) is 3.20. The monoisotopic (exact) mass is 191 g/mol. The molecule has 0 aliphatic carbocycles. The van der Waals surface area contributed by atoms with Gasteiger partial charge in [-0.05, 0) is 23.7 Å². The topological polar surface area (TPSA) is 30.8 Å². The van der Waals surface area contributed by atoms with Crippen LogP contribution in [0.15, 0.2) is 35.5 Å². The van der Waals surface area contributed by atoms with Gasteiger partial charge < -0.3 is 9.57 Å². The van der Waals surface area contributed by atoms with Gasteiger partial charge in [0.15, 0.2) is 0 Å². The van der Waals surface area contributed by atoms with Crippen molar-refractivity contribution in [2.45, 2.75) is 26.1 Å². The van der Waals surface area contributed by atoms with E-state index in [-0.39, 0.29) is 6.29 Å². The Labute approximate surface area is 83.3 Å². The Morgan fingerprint density at radius 3 is 2.79 bits per heavy atom. The molecule has 1 unspecified atom stereocenters. The Morgan fingerprint density at radius 1 is 1.29 bits per heavy atom. The SMILES string of the molecule is CCCC1ON=C(c2ccccc2)O1. The summed E-state index contributed by atoms with van der Waals surface area (Å²) in [5.74, 6) is 0.587. The van der Waals surface area contributed by atoms with E-state index in [1.54, 1.807) is 0 Å². The first-order valence-corrected chi connectivity index (χ1v) is 4.86. The fraction of sp³-hybridized carbons (Fsp3) is 0.364. The molecule has 0 radical (unpaired) electrons. The van der Waals surface area contributed by atoms with E-state index in [0.717, 1.165) is 18.4 Å². The van der Waals surface area contributed by atoms with Gasteiger partial charge in [-0.25, -0.2) is 0 Å². The minimum absolute atomic E-state index is 0.199. The highest BCUT2D eigenvalue weighted by Gasteiger charge is 2.21. The molecule has 2 rings (SSSR count). The van der Waals surface area contributed by atoms with Gasteiger partial charge in [-0.1, -0.05) is 25.1 Å². The summed E-state index contributed by atoms with van der Waals surface area (Å²) in [6.45, 7) is 2.09. The van der Waals surface area contributed by atoms with Gasteiger partial charge >= 0.3 is 0 Å². The first kappa shape index (κ1) is 9.06. The number of rotatable bonds is 3. The van der Waals surface area contributed by atoms with E-state index >= 15 is 0 Å². The van der Waals surface area contributed by atoms with Crippen LogP contribution in [0.1, 0.15) is 25.3 Å². The van der Waals surface area contributed by atoms with Gasteiger partial charge in [0.05, 0.1) is 0 Å². The lowest BCUT2D eigenvalue weighted by atomic mass is 10.2. The molecule has 0 aromatic heterocycles.